The number of carbonyl (C=O) groups is 2. The molecule has 7 nitrogen and oxygen atoms in total. The van der Waals surface area contributed by atoms with Crippen molar-refractivity contribution in [2.24, 2.45) is 5.92 Å². The molecule has 2 amide bonds. The zero-order valence-electron chi connectivity index (χ0n) is 13.3. The van der Waals surface area contributed by atoms with Gasteiger partial charge >= 0.3 is 0 Å². The van der Waals surface area contributed by atoms with E-state index in [-0.39, 0.29) is 24.2 Å². The van der Waals surface area contributed by atoms with Crippen LogP contribution in [0.3, 0.4) is 0 Å². The van der Waals surface area contributed by atoms with Gasteiger partial charge in [0.1, 0.15) is 6.33 Å². The summed E-state index contributed by atoms with van der Waals surface area (Å²) in [6, 6.07) is 7.08. The van der Waals surface area contributed by atoms with Crippen LogP contribution in [0.5, 0.6) is 0 Å². The molecule has 1 saturated heterocycles. The van der Waals surface area contributed by atoms with E-state index < -0.39 is 0 Å². The van der Waals surface area contributed by atoms with Crippen molar-refractivity contribution in [2.75, 3.05) is 11.4 Å². The highest BCUT2D eigenvalue weighted by Gasteiger charge is 2.35. The first-order valence-electron chi connectivity index (χ1n) is 7.78. The molecule has 1 aromatic heterocycles. The van der Waals surface area contributed by atoms with Gasteiger partial charge in [-0.2, -0.15) is 0 Å². The number of hydrogen-bond donors (Lipinski definition) is 1. The van der Waals surface area contributed by atoms with Crippen molar-refractivity contribution in [2.45, 2.75) is 26.4 Å². The third-order valence-corrected chi connectivity index (χ3v) is 4.31. The van der Waals surface area contributed by atoms with Crippen molar-refractivity contribution in [1.82, 2.24) is 20.1 Å². The van der Waals surface area contributed by atoms with Crippen LogP contribution in [0.2, 0.25) is 5.02 Å². The van der Waals surface area contributed by atoms with Crippen LogP contribution < -0.4 is 10.2 Å². The summed E-state index contributed by atoms with van der Waals surface area (Å²) in [5, 5.41) is 11.2. The van der Waals surface area contributed by atoms with E-state index in [1.165, 1.54) is 0 Å². The van der Waals surface area contributed by atoms with E-state index >= 15 is 0 Å². The Bertz CT molecular complexity index is 760. The molecule has 0 unspecified atom stereocenters. The van der Waals surface area contributed by atoms with Crippen molar-refractivity contribution in [3.05, 3.63) is 41.4 Å². The lowest BCUT2D eigenvalue weighted by Crippen LogP contribution is -2.33. The number of carbonyl (C=O) groups excluding carboxylic acids is 2. The van der Waals surface area contributed by atoms with Gasteiger partial charge in [0.25, 0.3) is 0 Å². The van der Waals surface area contributed by atoms with Crippen molar-refractivity contribution in [3.8, 4) is 0 Å². The number of halogens is 1. The van der Waals surface area contributed by atoms with E-state index in [0.717, 1.165) is 6.54 Å². The summed E-state index contributed by atoms with van der Waals surface area (Å²) in [6.45, 7) is 3.37. The van der Waals surface area contributed by atoms with Gasteiger partial charge in [0.05, 0.1) is 12.5 Å². The predicted molar refractivity (Wildman–Crippen MR) is 89.5 cm³/mol. The molecule has 1 fully saturated rings. The average molecular weight is 348 g/mol. The topological polar surface area (TPSA) is 80.1 Å². The van der Waals surface area contributed by atoms with E-state index in [1.807, 2.05) is 17.6 Å². The second-order valence-corrected chi connectivity index (χ2v) is 6.07. The van der Waals surface area contributed by atoms with E-state index in [1.54, 1.807) is 29.4 Å². The second-order valence-electron chi connectivity index (χ2n) is 5.64. The van der Waals surface area contributed by atoms with Crippen LogP contribution in [-0.4, -0.2) is 33.1 Å². The first kappa shape index (κ1) is 16.4. The Hall–Kier alpha value is -2.41. The smallest absolute Gasteiger partial charge is 0.227 e. The highest BCUT2D eigenvalue weighted by molar-refractivity contribution is 6.30. The lowest BCUT2D eigenvalue weighted by Gasteiger charge is -2.17. The lowest BCUT2D eigenvalue weighted by molar-refractivity contribution is -0.126. The van der Waals surface area contributed by atoms with Gasteiger partial charge in [-0.25, -0.2) is 0 Å². The Balaban J connectivity index is 1.62. The van der Waals surface area contributed by atoms with Gasteiger partial charge in [-0.1, -0.05) is 17.7 Å². The predicted octanol–water partition coefficient (Wildman–Crippen LogP) is 1.62. The standard InChI is InChI=1S/C16H18ClN5O2/c1-2-21-10-19-20-14(21)8-18-16(24)11-6-15(23)22(9-11)13-5-3-4-12(17)7-13/h3-5,7,10-11H,2,6,8-9H2,1H3,(H,18,24)/t11-/m1/s1. The van der Waals surface area contributed by atoms with Gasteiger partial charge in [0, 0.05) is 30.2 Å². The van der Waals surface area contributed by atoms with Crippen LogP contribution in [0.25, 0.3) is 0 Å². The molecule has 0 radical (unpaired) electrons. The molecule has 3 rings (SSSR count). The summed E-state index contributed by atoms with van der Waals surface area (Å²) >= 11 is 5.97. The zero-order valence-corrected chi connectivity index (χ0v) is 14.0. The number of benzene rings is 1. The van der Waals surface area contributed by atoms with Crippen molar-refractivity contribution < 1.29 is 9.59 Å². The molecule has 2 heterocycles. The number of hydrogen-bond acceptors (Lipinski definition) is 4. The molecule has 0 aliphatic carbocycles. The van der Waals surface area contributed by atoms with Gasteiger partial charge in [0.2, 0.25) is 11.8 Å². The quantitative estimate of drug-likeness (QED) is 0.891. The molecule has 0 bridgehead atoms. The maximum Gasteiger partial charge on any atom is 0.227 e. The Morgan fingerprint density at radius 2 is 2.29 bits per heavy atom. The summed E-state index contributed by atoms with van der Waals surface area (Å²) < 4.78 is 1.86. The fraction of sp³-hybridized carbons (Fsp3) is 0.375. The van der Waals surface area contributed by atoms with Gasteiger partial charge in [-0.15, -0.1) is 10.2 Å². The molecule has 1 N–H and O–H groups in total. The van der Waals surface area contributed by atoms with Crippen molar-refractivity contribution in [1.29, 1.82) is 0 Å². The molecule has 1 aromatic carbocycles. The molecule has 126 valence electrons. The maximum atomic E-state index is 12.4. The number of amides is 2. The molecule has 1 atom stereocenters. The molecule has 1 aliphatic heterocycles. The molecule has 2 aromatic rings. The minimum absolute atomic E-state index is 0.0749. The van der Waals surface area contributed by atoms with E-state index in [4.69, 9.17) is 11.6 Å². The fourth-order valence-electron chi connectivity index (χ4n) is 2.77. The van der Waals surface area contributed by atoms with Crippen LogP contribution >= 0.6 is 11.6 Å². The lowest BCUT2D eigenvalue weighted by atomic mass is 10.1. The number of nitrogens with zero attached hydrogens (tertiary/aromatic N) is 4. The van der Waals surface area contributed by atoms with Gasteiger partial charge < -0.3 is 14.8 Å². The monoisotopic (exact) mass is 347 g/mol. The average Bonchev–Trinajstić information content (AvgIpc) is 3.18. The zero-order chi connectivity index (χ0) is 17.1. The maximum absolute atomic E-state index is 12.4. The number of aryl methyl sites for hydroxylation is 1. The second kappa shape index (κ2) is 7.00. The summed E-state index contributed by atoms with van der Waals surface area (Å²) in [4.78, 5) is 26.2. The first-order valence-corrected chi connectivity index (χ1v) is 8.16. The molecule has 24 heavy (non-hydrogen) atoms. The summed E-state index contributed by atoms with van der Waals surface area (Å²) in [6.07, 6.45) is 1.82. The van der Waals surface area contributed by atoms with Gasteiger partial charge in [-0.05, 0) is 25.1 Å². The third kappa shape index (κ3) is 3.41. The van der Waals surface area contributed by atoms with Crippen LogP contribution in [0, 0.1) is 5.92 Å². The first-order chi connectivity index (χ1) is 11.6. The SMILES string of the molecule is CCn1cnnc1CNC(=O)[C@@H]1CC(=O)N(c2cccc(Cl)c2)C1. The van der Waals surface area contributed by atoms with Crippen LogP contribution in [-0.2, 0) is 22.7 Å². The van der Waals surface area contributed by atoms with E-state index in [0.29, 0.717) is 29.6 Å². The Kier molecular flexibility index (Phi) is 4.80. The number of nitrogens with one attached hydrogen (secondary N) is 1. The molecular weight excluding hydrogens is 330 g/mol. The molecular formula is C16H18ClN5O2. The summed E-state index contributed by atoms with van der Waals surface area (Å²) in [7, 11) is 0. The van der Waals surface area contributed by atoms with E-state index in [2.05, 4.69) is 15.5 Å². The van der Waals surface area contributed by atoms with Crippen LogP contribution in [0.15, 0.2) is 30.6 Å². The highest BCUT2D eigenvalue weighted by atomic mass is 35.5. The van der Waals surface area contributed by atoms with Gasteiger partial charge in [0.15, 0.2) is 5.82 Å². The molecule has 1 aliphatic rings. The minimum Gasteiger partial charge on any atom is -0.348 e. The molecule has 0 saturated carbocycles. The largest absolute Gasteiger partial charge is 0.348 e. The fourth-order valence-corrected chi connectivity index (χ4v) is 2.95. The van der Waals surface area contributed by atoms with E-state index in [9.17, 15) is 9.59 Å². The van der Waals surface area contributed by atoms with Crippen LogP contribution in [0.4, 0.5) is 5.69 Å². The summed E-state index contributed by atoms with van der Waals surface area (Å²) in [5.74, 6) is 0.0871. The summed E-state index contributed by atoms with van der Waals surface area (Å²) in [5.41, 5.74) is 0.716. The number of aromatic nitrogens is 3. The Morgan fingerprint density at radius 1 is 1.46 bits per heavy atom. The molecule has 8 heteroatoms. The normalized spacial score (nSPS) is 17.3. The number of rotatable bonds is 5. The highest BCUT2D eigenvalue weighted by Crippen LogP contribution is 2.27. The Labute approximate surface area is 144 Å². The van der Waals surface area contributed by atoms with Gasteiger partial charge in [-0.3, -0.25) is 9.59 Å². The third-order valence-electron chi connectivity index (χ3n) is 4.07. The number of anilines is 1. The Morgan fingerprint density at radius 3 is 3.04 bits per heavy atom. The minimum atomic E-state index is -0.380. The van der Waals surface area contributed by atoms with Crippen LogP contribution in [0.1, 0.15) is 19.2 Å². The van der Waals surface area contributed by atoms with Crippen molar-refractivity contribution in [3.63, 3.8) is 0 Å². The van der Waals surface area contributed by atoms with Crippen molar-refractivity contribution >= 4 is 29.1 Å². The molecule has 0 spiro atoms.